The molecule has 26 heavy (non-hydrogen) atoms. The fraction of sp³-hybridized carbons (Fsp3) is 0.550. The molecule has 2 aliphatic rings. The average molecular weight is 357 g/mol. The summed E-state index contributed by atoms with van der Waals surface area (Å²) < 4.78 is 11.6. The Morgan fingerprint density at radius 1 is 1.35 bits per heavy atom. The Morgan fingerprint density at radius 2 is 2.15 bits per heavy atom. The molecule has 0 saturated carbocycles. The number of benzene rings is 1. The van der Waals surface area contributed by atoms with Gasteiger partial charge in [-0.2, -0.15) is 5.10 Å². The van der Waals surface area contributed by atoms with Gasteiger partial charge in [0.05, 0.1) is 30.7 Å². The van der Waals surface area contributed by atoms with Crippen LogP contribution in [0, 0.1) is 0 Å². The third kappa shape index (κ3) is 3.49. The van der Waals surface area contributed by atoms with Crippen molar-refractivity contribution in [1.82, 2.24) is 15.1 Å². The van der Waals surface area contributed by atoms with Crippen LogP contribution in [0.1, 0.15) is 31.2 Å². The number of nitrogens with zero attached hydrogens (tertiary/aromatic N) is 2. The number of likely N-dealkylation sites (tertiary alicyclic amines) is 1. The lowest BCUT2D eigenvalue weighted by Gasteiger charge is -2.45. The van der Waals surface area contributed by atoms with Crippen molar-refractivity contribution in [2.75, 3.05) is 26.8 Å². The Hall–Kier alpha value is -1.89. The van der Waals surface area contributed by atoms with Crippen LogP contribution >= 0.6 is 0 Å². The van der Waals surface area contributed by atoms with E-state index in [4.69, 9.17) is 9.47 Å². The second-order valence-electron chi connectivity index (χ2n) is 7.42. The van der Waals surface area contributed by atoms with Crippen LogP contribution < -0.4 is 4.74 Å². The molecular formula is C20H27N3O3. The lowest BCUT2D eigenvalue weighted by Crippen LogP contribution is -2.50. The number of aliphatic hydroxyl groups excluding tert-OH is 1. The van der Waals surface area contributed by atoms with E-state index in [2.05, 4.69) is 21.2 Å². The van der Waals surface area contributed by atoms with E-state index in [1.165, 1.54) is 5.56 Å². The predicted molar refractivity (Wildman–Crippen MR) is 99.0 cm³/mol. The average Bonchev–Trinajstić information content (AvgIpc) is 3.11. The molecule has 1 unspecified atom stereocenters. The smallest absolute Gasteiger partial charge is 0.128 e. The van der Waals surface area contributed by atoms with Crippen LogP contribution in [-0.2, 0) is 11.3 Å². The largest absolute Gasteiger partial charge is 0.496 e. The number of aliphatic hydroxyl groups is 1. The van der Waals surface area contributed by atoms with Crippen LogP contribution in [0.2, 0.25) is 0 Å². The number of ether oxygens (including phenoxy) is 2. The molecule has 2 saturated heterocycles. The maximum atomic E-state index is 9.99. The number of rotatable bonds is 4. The van der Waals surface area contributed by atoms with Gasteiger partial charge in [0, 0.05) is 43.8 Å². The number of aromatic nitrogens is 2. The van der Waals surface area contributed by atoms with Gasteiger partial charge in [-0.05, 0) is 31.4 Å². The minimum atomic E-state index is -0.207. The van der Waals surface area contributed by atoms with E-state index < -0.39 is 0 Å². The summed E-state index contributed by atoms with van der Waals surface area (Å²) in [7, 11) is 1.69. The quantitative estimate of drug-likeness (QED) is 0.880. The number of H-pyrrole nitrogens is 1. The van der Waals surface area contributed by atoms with Crippen LogP contribution in [-0.4, -0.2) is 58.7 Å². The molecule has 0 bridgehead atoms. The molecule has 2 aromatic rings. The molecule has 1 aromatic heterocycles. The van der Waals surface area contributed by atoms with E-state index in [1.54, 1.807) is 7.11 Å². The van der Waals surface area contributed by atoms with Gasteiger partial charge >= 0.3 is 0 Å². The van der Waals surface area contributed by atoms with E-state index >= 15 is 0 Å². The molecule has 0 aliphatic carbocycles. The summed E-state index contributed by atoms with van der Waals surface area (Å²) in [5.41, 5.74) is 3.12. The fourth-order valence-corrected chi connectivity index (χ4v) is 4.23. The van der Waals surface area contributed by atoms with Gasteiger partial charge in [0.25, 0.3) is 0 Å². The molecule has 4 rings (SSSR count). The number of para-hydroxylation sites is 1. The van der Waals surface area contributed by atoms with E-state index in [0.717, 1.165) is 62.3 Å². The van der Waals surface area contributed by atoms with Gasteiger partial charge in [-0.15, -0.1) is 0 Å². The molecule has 2 N–H and O–H groups in total. The van der Waals surface area contributed by atoms with Crippen LogP contribution in [0.4, 0.5) is 0 Å². The third-order valence-electron chi connectivity index (χ3n) is 5.72. The Labute approximate surface area is 154 Å². The van der Waals surface area contributed by atoms with Crippen LogP contribution in [0.15, 0.2) is 30.5 Å². The molecule has 140 valence electrons. The molecule has 0 amide bonds. The molecule has 1 aromatic carbocycles. The highest BCUT2D eigenvalue weighted by Crippen LogP contribution is 2.36. The first-order chi connectivity index (χ1) is 12.7. The standard InChI is InChI=1S/C20H27N3O3/c1-25-18-5-3-2-4-17(18)19-15(13-21-22-19)14-23-9-7-20(8-10-23)12-16(24)6-11-26-20/h2-5,13,16,24H,6-12,14H2,1H3,(H,21,22). The second-order valence-corrected chi connectivity index (χ2v) is 7.42. The van der Waals surface area contributed by atoms with Crippen molar-refractivity contribution in [2.24, 2.45) is 0 Å². The van der Waals surface area contributed by atoms with Gasteiger partial charge in [-0.1, -0.05) is 12.1 Å². The van der Waals surface area contributed by atoms with E-state index in [0.29, 0.717) is 6.61 Å². The number of hydrogen-bond donors (Lipinski definition) is 2. The Morgan fingerprint density at radius 3 is 2.92 bits per heavy atom. The third-order valence-corrected chi connectivity index (χ3v) is 5.72. The van der Waals surface area contributed by atoms with Crippen molar-refractivity contribution in [2.45, 2.75) is 43.9 Å². The normalized spacial score (nSPS) is 23.2. The molecule has 3 heterocycles. The molecule has 2 fully saturated rings. The first-order valence-corrected chi connectivity index (χ1v) is 9.39. The van der Waals surface area contributed by atoms with Crippen molar-refractivity contribution in [1.29, 1.82) is 0 Å². The summed E-state index contributed by atoms with van der Waals surface area (Å²) >= 11 is 0. The second kappa shape index (κ2) is 7.39. The summed E-state index contributed by atoms with van der Waals surface area (Å²) in [6, 6.07) is 8.01. The molecule has 1 spiro atoms. The SMILES string of the molecule is COc1ccccc1-c1[nH]ncc1CN1CCC2(CC1)CC(O)CCO2. The van der Waals surface area contributed by atoms with Gasteiger partial charge < -0.3 is 14.6 Å². The monoisotopic (exact) mass is 357 g/mol. The maximum absolute atomic E-state index is 9.99. The number of hydrogen-bond acceptors (Lipinski definition) is 5. The number of methoxy groups -OCH3 is 1. The molecule has 6 nitrogen and oxygen atoms in total. The minimum Gasteiger partial charge on any atom is -0.496 e. The maximum Gasteiger partial charge on any atom is 0.128 e. The number of aromatic amines is 1. The summed E-state index contributed by atoms with van der Waals surface area (Å²) in [4.78, 5) is 2.44. The fourth-order valence-electron chi connectivity index (χ4n) is 4.23. The van der Waals surface area contributed by atoms with Gasteiger partial charge in [0.1, 0.15) is 5.75 Å². The van der Waals surface area contributed by atoms with E-state index in [1.807, 2.05) is 24.4 Å². The summed E-state index contributed by atoms with van der Waals surface area (Å²) in [5.74, 6) is 0.847. The zero-order valence-electron chi connectivity index (χ0n) is 15.3. The molecule has 1 atom stereocenters. The summed E-state index contributed by atoms with van der Waals surface area (Å²) in [6.07, 6.45) is 5.20. The van der Waals surface area contributed by atoms with Gasteiger partial charge in [0.2, 0.25) is 0 Å². The molecule has 2 aliphatic heterocycles. The summed E-state index contributed by atoms with van der Waals surface area (Å²) in [6.45, 7) is 3.48. The highest BCUT2D eigenvalue weighted by atomic mass is 16.5. The number of piperidine rings is 1. The summed E-state index contributed by atoms with van der Waals surface area (Å²) in [5, 5.41) is 17.4. The lowest BCUT2D eigenvalue weighted by molar-refractivity contribution is -0.143. The highest BCUT2D eigenvalue weighted by molar-refractivity contribution is 5.69. The zero-order chi connectivity index (χ0) is 18.0. The molecule has 6 heteroatoms. The first-order valence-electron chi connectivity index (χ1n) is 9.39. The Bertz CT molecular complexity index is 737. The van der Waals surface area contributed by atoms with Crippen molar-refractivity contribution in [3.8, 4) is 17.0 Å². The Kier molecular flexibility index (Phi) is 4.98. The van der Waals surface area contributed by atoms with E-state index in [-0.39, 0.29) is 11.7 Å². The van der Waals surface area contributed by atoms with Crippen molar-refractivity contribution < 1.29 is 14.6 Å². The zero-order valence-corrected chi connectivity index (χ0v) is 15.3. The highest BCUT2D eigenvalue weighted by Gasteiger charge is 2.39. The van der Waals surface area contributed by atoms with Crippen LogP contribution in [0.3, 0.4) is 0 Å². The molecular weight excluding hydrogens is 330 g/mol. The van der Waals surface area contributed by atoms with Gasteiger partial charge in [-0.3, -0.25) is 10.00 Å². The number of nitrogens with one attached hydrogen (secondary N) is 1. The van der Waals surface area contributed by atoms with Crippen molar-refractivity contribution in [3.63, 3.8) is 0 Å². The van der Waals surface area contributed by atoms with Crippen molar-refractivity contribution in [3.05, 3.63) is 36.0 Å². The predicted octanol–water partition coefficient (Wildman–Crippen LogP) is 2.59. The van der Waals surface area contributed by atoms with E-state index in [9.17, 15) is 5.11 Å². The first kappa shape index (κ1) is 17.5. The van der Waals surface area contributed by atoms with Crippen molar-refractivity contribution >= 4 is 0 Å². The molecule has 0 radical (unpaired) electrons. The Balaban J connectivity index is 1.44. The van der Waals surface area contributed by atoms with Gasteiger partial charge in [0.15, 0.2) is 0 Å². The minimum absolute atomic E-state index is 0.115. The van der Waals surface area contributed by atoms with Crippen LogP contribution in [0.5, 0.6) is 5.75 Å². The topological polar surface area (TPSA) is 70.6 Å². The van der Waals surface area contributed by atoms with Gasteiger partial charge in [-0.25, -0.2) is 0 Å². The van der Waals surface area contributed by atoms with Crippen LogP contribution in [0.25, 0.3) is 11.3 Å². The lowest BCUT2D eigenvalue weighted by atomic mass is 9.83.